The van der Waals surface area contributed by atoms with Crippen molar-refractivity contribution in [3.8, 4) is 0 Å². The van der Waals surface area contributed by atoms with E-state index in [4.69, 9.17) is 0 Å². The molecule has 0 fully saturated rings. The molecule has 0 aliphatic carbocycles. The lowest BCUT2D eigenvalue weighted by molar-refractivity contribution is 0.695. The van der Waals surface area contributed by atoms with Gasteiger partial charge in [0.05, 0.1) is 5.03 Å². The van der Waals surface area contributed by atoms with Crippen molar-refractivity contribution in [2.45, 2.75) is 24.2 Å². The second kappa shape index (κ2) is 5.23. The molecule has 1 aromatic rings. The van der Waals surface area contributed by atoms with Crippen molar-refractivity contribution < 1.29 is 0 Å². The minimum atomic E-state index is 0.445. The first-order valence-electron chi connectivity index (χ1n) is 5.60. The molecule has 1 nitrogen and oxygen atoms in total. The third-order valence-corrected chi connectivity index (χ3v) is 4.25. The Morgan fingerprint density at radius 2 is 2.00 bits per heavy atom. The Labute approximate surface area is 113 Å². The van der Waals surface area contributed by atoms with Crippen LogP contribution in [0.1, 0.15) is 24.8 Å². The summed E-state index contributed by atoms with van der Waals surface area (Å²) in [5, 5.41) is 4.60. The monoisotopic (exact) mass is 263 g/mol. The van der Waals surface area contributed by atoms with Crippen LogP contribution in [-0.4, -0.2) is 6.26 Å². The number of hydrogen-bond donors (Lipinski definition) is 2. The number of nitrogens with one attached hydrogen (secondary N) is 1. The Kier molecular flexibility index (Phi) is 3.89. The first-order chi connectivity index (χ1) is 8.11. The van der Waals surface area contributed by atoms with E-state index >= 15 is 0 Å². The summed E-state index contributed by atoms with van der Waals surface area (Å²) < 4.78 is 0. The Bertz CT molecular complexity index is 460. The highest BCUT2D eigenvalue weighted by Crippen LogP contribution is 2.37. The maximum Gasteiger partial charge on any atom is 0.0715 e. The van der Waals surface area contributed by atoms with Gasteiger partial charge in [0.1, 0.15) is 0 Å². The third kappa shape index (κ3) is 2.72. The molecule has 1 aromatic carbocycles. The van der Waals surface area contributed by atoms with Crippen molar-refractivity contribution in [2.75, 3.05) is 6.26 Å². The van der Waals surface area contributed by atoms with Gasteiger partial charge in [0.25, 0.3) is 0 Å². The van der Waals surface area contributed by atoms with Crippen molar-refractivity contribution in [3.63, 3.8) is 0 Å². The van der Waals surface area contributed by atoms with E-state index in [0.717, 1.165) is 17.0 Å². The van der Waals surface area contributed by atoms with Gasteiger partial charge >= 0.3 is 0 Å². The zero-order valence-corrected chi connectivity index (χ0v) is 11.9. The molecule has 0 amide bonds. The van der Waals surface area contributed by atoms with Gasteiger partial charge in [-0.15, -0.1) is 24.4 Å². The summed E-state index contributed by atoms with van der Waals surface area (Å²) in [4.78, 5) is 1.01. The molecule has 1 N–H and O–H groups in total. The molecule has 1 aliphatic heterocycles. The van der Waals surface area contributed by atoms with Crippen molar-refractivity contribution >= 4 is 24.4 Å². The first-order valence-corrected chi connectivity index (χ1v) is 7.27. The van der Waals surface area contributed by atoms with E-state index in [-0.39, 0.29) is 0 Å². The predicted octanol–water partition coefficient (Wildman–Crippen LogP) is 4.16. The number of allylic oxidation sites excluding steroid dienone is 2. The molecule has 17 heavy (non-hydrogen) atoms. The van der Waals surface area contributed by atoms with Crippen LogP contribution >= 0.6 is 24.4 Å². The quantitative estimate of drug-likeness (QED) is 0.777. The number of rotatable bonds is 2. The molecule has 0 spiro atoms. The van der Waals surface area contributed by atoms with Crippen LogP contribution in [0.5, 0.6) is 0 Å². The van der Waals surface area contributed by atoms with E-state index in [9.17, 15) is 0 Å². The van der Waals surface area contributed by atoms with Crippen molar-refractivity contribution in [1.29, 1.82) is 0 Å². The zero-order valence-electron chi connectivity index (χ0n) is 10.2. The second-order valence-electron chi connectivity index (χ2n) is 4.29. The Morgan fingerprint density at radius 1 is 1.35 bits per heavy atom. The lowest BCUT2D eigenvalue weighted by Crippen LogP contribution is -2.21. The van der Waals surface area contributed by atoms with Crippen LogP contribution < -0.4 is 5.32 Å². The van der Waals surface area contributed by atoms with Gasteiger partial charge < -0.3 is 5.32 Å². The second-order valence-corrected chi connectivity index (χ2v) is 5.63. The van der Waals surface area contributed by atoms with Crippen LogP contribution in [0.25, 0.3) is 0 Å². The smallest absolute Gasteiger partial charge is 0.0715 e. The molecule has 90 valence electrons. The summed E-state index contributed by atoms with van der Waals surface area (Å²) in [5.41, 5.74) is 3.84. The molecule has 1 unspecified atom stereocenters. The Morgan fingerprint density at radius 3 is 2.59 bits per heavy atom. The summed E-state index contributed by atoms with van der Waals surface area (Å²) >= 11 is 6.08. The highest BCUT2D eigenvalue weighted by Gasteiger charge is 2.22. The van der Waals surface area contributed by atoms with Crippen molar-refractivity contribution in [1.82, 2.24) is 5.32 Å². The number of thiol groups is 1. The third-order valence-electron chi connectivity index (χ3n) is 3.12. The van der Waals surface area contributed by atoms with Gasteiger partial charge in [0.15, 0.2) is 0 Å². The van der Waals surface area contributed by atoms with Crippen LogP contribution in [0.2, 0.25) is 0 Å². The molecule has 3 heteroatoms. The van der Waals surface area contributed by atoms with E-state index in [1.807, 2.05) is 0 Å². The largest absolute Gasteiger partial charge is 0.354 e. The van der Waals surface area contributed by atoms with Crippen LogP contribution in [-0.2, 0) is 0 Å². The topological polar surface area (TPSA) is 12.0 Å². The summed E-state index contributed by atoms with van der Waals surface area (Å²) in [7, 11) is 0. The molecule has 0 aromatic heterocycles. The number of thioether (sulfide) groups is 1. The normalized spacial score (nSPS) is 20.4. The lowest BCUT2D eigenvalue weighted by Gasteiger charge is -2.29. The molecule has 0 bridgehead atoms. The standard InChI is InChI=1S/C14H17NS2/c1-9-8-13(10(2)14(15-9)17-3)11-4-6-12(16)7-5-11/h4-7,13,15-16H,1,8H2,2-3H3. The van der Waals surface area contributed by atoms with Crippen LogP contribution in [0, 0.1) is 0 Å². The van der Waals surface area contributed by atoms with Gasteiger partial charge in [-0.1, -0.05) is 18.7 Å². The molecule has 0 saturated carbocycles. The minimum Gasteiger partial charge on any atom is -0.354 e. The van der Waals surface area contributed by atoms with Crippen LogP contribution in [0.3, 0.4) is 0 Å². The van der Waals surface area contributed by atoms with E-state index in [1.165, 1.54) is 16.2 Å². The van der Waals surface area contributed by atoms with Gasteiger partial charge in [0, 0.05) is 16.5 Å². The summed E-state index contributed by atoms with van der Waals surface area (Å²) in [6, 6.07) is 8.42. The summed E-state index contributed by atoms with van der Waals surface area (Å²) in [5.74, 6) is 0.445. The first kappa shape index (κ1) is 12.7. The summed E-state index contributed by atoms with van der Waals surface area (Å²) in [6.45, 7) is 6.27. The van der Waals surface area contributed by atoms with Crippen molar-refractivity contribution in [3.05, 3.63) is 52.7 Å². The number of benzene rings is 1. The SMILES string of the molecule is C=C1CC(c2ccc(S)cc2)C(C)=C(SC)N1. The Balaban J connectivity index is 2.37. The van der Waals surface area contributed by atoms with E-state index in [1.54, 1.807) is 11.8 Å². The van der Waals surface area contributed by atoms with Crippen LogP contribution in [0.4, 0.5) is 0 Å². The van der Waals surface area contributed by atoms with Crippen LogP contribution in [0.15, 0.2) is 52.0 Å². The molecule has 0 radical (unpaired) electrons. The van der Waals surface area contributed by atoms with Gasteiger partial charge in [0.2, 0.25) is 0 Å². The fourth-order valence-electron chi connectivity index (χ4n) is 2.15. The maximum atomic E-state index is 4.33. The average Bonchev–Trinajstić information content (AvgIpc) is 2.33. The Hall–Kier alpha value is -0.800. The van der Waals surface area contributed by atoms with E-state index in [0.29, 0.717) is 5.92 Å². The fourth-order valence-corrected chi connectivity index (χ4v) is 3.01. The summed E-state index contributed by atoms with van der Waals surface area (Å²) in [6.07, 6.45) is 3.07. The highest BCUT2D eigenvalue weighted by atomic mass is 32.2. The van der Waals surface area contributed by atoms with Gasteiger partial charge in [-0.25, -0.2) is 0 Å². The maximum absolute atomic E-state index is 4.33. The molecule has 1 aliphatic rings. The molecular weight excluding hydrogens is 246 g/mol. The fraction of sp³-hybridized carbons (Fsp3) is 0.286. The van der Waals surface area contributed by atoms with Gasteiger partial charge in [-0.2, -0.15) is 0 Å². The predicted molar refractivity (Wildman–Crippen MR) is 79.5 cm³/mol. The average molecular weight is 263 g/mol. The molecule has 1 heterocycles. The van der Waals surface area contributed by atoms with Crippen molar-refractivity contribution in [2.24, 2.45) is 0 Å². The lowest BCUT2D eigenvalue weighted by atomic mass is 9.87. The van der Waals surface area contributed by atoms with E-state index < -0.39 is 0 Å². The molecule has 1 atom stereocenters. The minimum absolute atomic E-state index is 0.445. The number of hydrogen-bond acceptors (Lipinski definition) is 3. The van der Waals surface area contributed by atoms with E-state index in [2.05, 4.69) is 62.0 Å². The molecule has 0 saturated heterocycles. The highest BCUT2D eigenvalue weighted by molar-refractivity contribution is 8.02. The molecule has 2 rings (SSSR count). The van der Waals surface area contributed by atoms with Gasteiger partial charge in [-0.3, -0.25) is 0 Å². The molecular formula is C14H17NS2. The zero-order chi connectivity index (χ0) is 12.4. The van der Waals surface area contributed by atoms with Gasteiger partial charge in [-0.05, 0) is 42.9 Å².